The van der Waals surface area contributed by atoms with Crippen LogP contribution in [-0.2, 0) is 21.7 Å². The number of nitrogens with one attached hydrogen (secondary N) is 1. The van der Waals surface area contributed by atoms with Gasteiger partial charge >= 0.3 is 5.97 Å². The van der Waals surface area contributed by atoms with Crippen molar-refractivity contribution in [2.75, 3.05) is 0 Å². The molecule has 2 N–H and O–H groups in total. The maximum absolute atomic E-state index is 12.4. The van der Waals surface area contributed by atoms with Gasteiger partial charge in [0.15, 0.2) is 0 Å². The molecule has 3 aromatic carbocycles. The van der Waals surface area contributed by atoms with Crippen molar-refractivity contribution in [2.24, 2.45) is 5.41 Å². The number of benzene rings is 3. The van der Waals surface area contributed by atoms with Crippen molar-refractivity contribution in [3.63, 3.8) is 0 Å². The Labute approximate surface area is 198 Å². The largest absolute Gasteiger partial charge is 0.480 e. The van der Waals surface area contributed by atoms with Gasteiger partial charge < -0.3 is 15.0 Å². The molecular weight excluding hydrogens is 426 g/mol. The zero-order chi connectivity index (χ0) is 24.2. The molecule has 0 aliphatic carbocycles. The number of hydrogen-bond acceptors (Lipinski definition) is 3. The van der Waals surface area contributed by atoms with Crippen molar-refractivity contribution >= 4 is 11.9 Å². The van der Waals surface area contributed by atoms with Crippen LogP contribution in [0.15, 0.2) is 104 Å². The summed E-state index contributed by atoms with van der Waals surface area (Å²) in [5.74, 6) is -1.73. The van der Waals surface area contributed by atoms with Crippen LogP contribution in [-0.4, -0.2) is 26.5 Å². The summed E-state index contributed by atoms with van der Waals surface area (Å²) < 4.78 is 2.05. The molecule has 0 radical (unpaired) electrons. The van der Waals surface area contributed by atoms with Crippen LogP contribution in [0.25, 0.3) is 0 Å². The van der Waals surface area contributed by atoms with Crippen LogP contribution in [0.5, 0.6) is 0 Å². The maximum atomic E-state index is 12.4. The highest BCUT2D eigenvalue weighted by molar-refractivity contribution is 6.00. The fourth-order valence-electron chi connectivity index (χ4n) is 4.11. The highest BCUT2D eigenvalue weighted by atomic mass is 16.4. The van der Waals surface area contributed by atoms with E-state index in [1.54, 1.807) is 6.33 Å². The van der Waals surface area contributed by atoms with Crippen LogP contribution >= 0.6 is 0 Å². The van der Waals surface area contributed by atoms with Gasteiger partial charge in [0.1, 0.15) is 11.0 Å². The molecule has 6 nitrogen and oxygen atoms in total. The van der Waals surface area contributed by atoms with E-state index in [9.17, 15) is 14.7 Å². The second-order valence-corrected chi connectivity index (χ2v) is 8.69. The van der Waals surface area contributed by atoms with Gasteiger partial charge in [0.25, 0.3) is 0 Å². The summed E-state index contributed by atoms with van der Waals surface area (Å²) in [5.41, 5.74) is 1.60. The second kappa shape index (κ2) is 9.35. The first-order valence-electron chi connectivity index (χ1n) is 11.1. The van der Waals surface area contributed by atoms with E-state index in [1.165, 1.54) is 13.8 Å². The molecule has 0 atom stereocenters. The summed E-state index contributed by atoms with van der Waals surface area (Å²) in [4.78, 5) is 28.4. The van der Waals surface area contributed by atoms with E-state index in [-0.39, 0.29) is 6.54 Å². The third kappa shape index (κ3) is 4.10. The third-order valence-corrected chi connectivity index (χ3v) is 6.13. The van der Waals surface area contributed by atoms with E-state index in [0.29, 0.717) is 5.69 Å². The molecule has 0 fully saturated rings. The number of imidazole rings is 1. The first-order chi connectivity index (χ1) is 16.4. The maximum Gasteiger partial charge on any atom is 0.318 e. The topological polar surface area (TPSA) is 84.2 Å². The predicted molar refractivity (Wildman–Crippen MR) is 130 cm³/mol. The molecule has 34 heavy (non-hydrogen) atoms. The zero-order valence-corrected chi connectivity index (χ0v) is 19.2. The molecule has 4 rings (SSSR count). The quantitative estimate of drug-likeness (QED) is 0.305. The minimum Gasteiger partial charge on any atom is -0.480 e. The average molecular weight is 454 g/mol. The van der Waals surface area contributed by atoms with Crippen molar-refractivity contribution in [3.05, 3.63) is 126 Å². The first-order valence-corrected chi connectivity index (χ1v) is 11.1. The lowest BCUT2D eigenvalue weighted by atomic mass is 9.77. The number of carbonyl (C=O) groups excluding carboxylic acids is 1. The number of aromatic nitrogens is 2. The molecule has 0 saturated carbocycles. The summed E-state index contributed by atoms with van der Waals surface area (Å²) in [6.45, 7) is 2.89. The van der Waals surface area contributed by atoms with E-state index >= 15 is 0 Å². The fraction of sp³-hybridized carbons (Fsp3) is 0.179. The first kappa shape index (κ1) is 23.0. The molecule has 1 amide bonds. The van der Waals surface area contributed by atoms with Crippen molar-refractivity contribution < 1.29 is 14.7 Å². The van der Waals surface area contributed by atoms with Gasteiger partial charge in [-0.1, -0.05) is 91.0 Å². The minimum absolute atomic E-state index is 0.122. The monoisotopic (exact) mass is 453 g/mol. The van der Waals surface area contributed by atoms with Crippen molar-refractivity contribution in [2.45, 2.75) is 25.9 Å². The minimum atomic E-state index is -1.52. The SMILES string of the molecule is CC(C)(C(=O)O)C(=O)NCc1cn(C(c2ccccc2)(c2ccccc2)c2ccccc2)cn1. The van der Waals surface area contributed by atoms with Gasteiger partial charge in [0, 0.05) is 6.20 Å². The van der Waals surface area contributed by atoms with E-state index in [0.717, 1.165) is 16.7 Å². The molecule has 0 unspecified atom stereocenters. The number of aliphatic carboxylic acids is 1. The molecule has 172 valence electrons. The van der Waals surface area contributed by atoms with E-state index < -0.39 is 22.8 Å². The highest BCUT2D eigenvalue weighted by Gasteiger charge is 2.39. The molecule has 6 heteroatoms. The van der Waals surface area contributed by atoms with Crippen LogP contribution in [0.4, 0.5) is 0 Å². The van der Waals surface area contributed by atoms with Gasteiger partial charge in [-0.25, -0.2) is 4.98 Å². The zero-order valence-electron chi connectivity index (χ0n) is 19.2. The van der Waals surface area contributed by atoms with E-state index in [4.69, 9.17) is 0 Å². The summed E-state index contributed by atoms with van der Waals surface area (Å²) in [5, 5.41) is 12.0. The Morgan fingerprint density at radius 2 is 1.26 bits per heavy atom. The van der Waals surface area contributed by atoms with Crippen LogP contribution in [0.1, 0.15) is 36.2 Å². The Morgan fingerprint density at radius 3 is 1.68 bits per heavy atom. The average Bonchev–Trinajstić information content (AvgIpc) is 3.34. The van der Waals surface area contributed by atoms with Crippen molar-refractivity contribution in [1.82, 2.24) is 14.9 Å². The Balaban J connectivity index is 1.81. The number of rotatable bonds is 8. The van der Waals surface area contributed by atoms with Gasteiger partial charge in [-0.2, -0.15) is 0 Å². The predicted octanol–water partition coefficient (Wildman–Crippen LogP) is 4.45. The van der Waals surface area contributed by atoms with Crippen molar-refractivity contribution in [1.29, 1.82) is 0 Å². The lowest BCUT2D eigenvalue weighted by Gasteiger charge is -2.37. The Hall–Kier alpha value is -4.19. The van der Waals surface area contributed by atoms with Gasteiger partial charge in [-0.05, 0) is 30.5 Å². The Bertz CT molecular complexity index is 1170. The van der Waals surface area contributed by atoms with Crippen molar-refractivity contribution in [3.8, 4) is 0 Å². The van der Waals surface area contributed by atoms with Crippen LogP contribution in [0.2, 0.25) is 0 Å². The highest BCUT2D eigenvalue weighted by Crippen LogP contribution is 2.40. The fourth-order valence-corrected chi connectivity index (χ4v) is 4.11. The van der Waals surface area contributed by atoms with Crippen LogP contribution < -0.4 is 5.32 Å². The normalized spacial score (nSPS) is 11.7. The molecule has 0 saturated heterocycles. The number of nitrogens with zero attached hydrogens (tertiary/aromatic N) is 2. The summed E-state index contributed by atoms with van der Waals surface area (Å²) in [6, 6.07) is 30.6. The number of amides is 1. The smallest absolute Gasteiger partial charge is 0.318 e. The van der Waals surface area contributed by atoms with Gasteiger partial charge in [0.2, 0.25) is 5.91 Å². The van der Waals surface area contributed by atoms with E-state index in [1.807, 2.05) is 60.8 Å². The van der Waals surface area contributed by atoms with Crippen LogP contribution in [0, 0.1) is 5.41 Å². The van der Waals surface area contributed by atoms with Gasteiger partial charge in [0.05, 0.1) is 18.6 Å². The molecule has 4 aromatic rings. The van der Waals surface area contributed by atoms with Gasteiger partial charge in [-0.3, -0.25) is 9.59 Å². The summed E-state index contributed by atoms with van der Waals surface area (Å²) in [6.07, 6.45) is 3.66. The second-order valence-electron chi connectivity index (χ2n) is 8.69. The molecule has 1 aromatic heterocycles. The number of hydrogen-bond donors (Lipinski definition) is 2. The number of carbonyl (C=O) groups is 2. The molecule has 0 spiro atoms. The molecular formula is C28H27N3O3. The molecule has 0 aliphatic rings. The van der Waals surface area contributed by atoms with E-state index in [2.05, 4.69) is 51.3 Å². The van der Waals surface area contributed by atoms with Gasteiger partial charge in [-0.15, -0.1) is 0 Å². The summed E-state index contributed by atoms with van der Waals surface area (Å²) >= 11 is 0. The lowest BCUT2D eigenvalue weighted by Crippen LogP contribution is -2.42. The third-order valence-electron chi connectivity index (χ3n) is 6.13. The standard InChI is InChI=1S/C28H27N3O3/c1-27(2,26(33)34)25(32)29-18-24-19-31(20-30-24)28(21-12-6-3-7-13-21,22-14-8-4-9-15-22)23-16-10-5-11-17-23/h3-17,19-20H,18H2,1-2H3,(H,29,32)(H,33,34). The lowest BCUT2D eigenvalue weighted by molar-refractivity contribution is -0.153. The van der Waals surface area contributed by atoms with Crippen LogP contribution in [0.3, 0.4) is 0 Å². The number of carboxylic acids is 1. The summed E-state index contributed by atoms with van der Waals surface area (Å²) in [7, 11) is 0. The number of carboxylic acid groups (broad SMARTS) is 1. The molecule has 1 heterocycles. The Kier molecular flexibility index (Phi) is 6.32. The molecule has 0 bridgehead atoms. The Morgan fingerprint density at radius 1 is 0.824 bits per heavy atom. The molecule has 0 aliphatic heterocycles.